The smallest absolute Gasteiger partial charge is 0.272 e. The van der Waals surface area contributed by atoms with Crippen LogP contribution in [0.2, 0.25) is 0 Å². The Morgan fingerprint density at radius 2 is 1.96 bits per heavy atom. The van der Waals surface area contributed by atoms with Crippen molar-refractivity contribution in [2.45, 2.75) is 39.0 Å². The zero-order valence-corrected chi connectivity index (χ0v) is 14.6. The SMILES string of the molecule is CCCCCCCOc1ccc(/C=N/NC(=O)c2cccnc2)cc1. The van der Waals surface area contributed by atoms with Gasteiger partial charge in [-0.1, -0.05) is 32.6 Å². The van der Waals surface area contributed by atoms with Gasteiger partial charge in [-0.3, -0.25) is 9.78 Å². The van der Waals surface area contributed by atoms with E-state index in [1.54, 1.807) is 24.5 Å². The summed E-state index contributed by atoms with van der Waals surface area (Å²) in [7, 11) is 0. The molecule has 0 saturated heterocycles. The lowest BCUT2D eigenvalue weighted by Gasteiger charge is -2.06. The van der Waals surface area contributed by atoms with E-state index >= 15 is 0 Å². The molecule has 0 fully saturated rings. The Morgan fingerprint density at radius 3 is 2.68 bits per heavy atom. The number of hydrogen-bond acceptors (Lipinski definition) is 4. The zero-order chi connectivity index (χ0) is 17.7. The molecule has 0 aliphatic heterocycles. The number of carbonyl (C=O) groups is 1. The third-order valence-corrected chi connectivity index (χ3v) is 3.70. The molecular weight excluding hydrogens is 314 g/mol. The number of hydrogen-bond donors (Lipinski definition) is 1. The van der Waals surface area contributed by atoms with E-state index in [1.165, 1.54) is 31.9 Å². The van der Waals surface area contributed by atoms with Crippen molar-refractivity contribution >= 4 is 12.1 Å². The normalized spacial score (nSPS) is 10.8. The van der Waals surface area contributed by atoms with E-state index in [9.17, 15) is 4.79 Å². The van der Waals surface area contributed by atoms with Gasteiger partial charge in [0.1, 0.15) is 5.75 Å². The summed E-state index contributed by atoms with van der Waals surface area (Å²) in [6, 6.07) is 11.0. The van der Waals surface area contributed by atoms with Crippen LogP contribution in [0.4, 0.5) is 0 Å². The van der Waals surface area contributed by atoms with Crippen LogP contribution in [0.15, 0.2) is 53.9 Å². The summed E-state index contributed by atoms with van der Waals surface area (Å²) in [6.45, 7) is 2.96. The van der Waals surface area contributed by atoms with Crippen LogP contribution in [0.25, 0.3) is 0 Å². The second kappa shape index (κ2) is 11.0. The molecule has 2 rings (SSSR count). The summed E-state index contributed by atoms with van der Waals surface area (Å²) in [5.41, 5.74) is 3.84. The van der Waals surface area contributed by atoms with Crippen molar-refractivity contribution in [1.82, 2.24) is 10.4 Å². The van der Waals surface area contributed by atoms with Gasteiger partial charge in [0.15, 0.2) is 0 Å². The van der Waals surface area contributed by atoms with E-state index in [1.807, 2.05) is 24.3 Å². The number of pyridine rings is 1. The number of amides is 1. The largest absolute Gasteiger partial charge is 0.494 e. The van der Waals surface area contributed by atoms with Crippen LogP contribution in [-0.4, -0.2) is 23.7 Å². The van der Waals surface area contributed by atoms with Crippen LogP contribution in [-0.2, 0) is 0 Å². The summed E-state index contributed by atoms with van der Waals surface area (Å²) in [6.07, 6.45) is 10.9. The average Bonchev–Trinajstić information content (AvgIpc) is 2.66. The molecular formula is C20H25N3O2. The Balaban J connectivity index is 1.71. The average molecular weight is 339 g/mol. The first-order chi connectivity index (χ1) is 12.3. The molecule has 0 radical (unpaired) electrons. The minimum atomic E-state index is -0.285. The van der Waals surface area contributed by atoms with Gasteiger partial charge >= 0.3 is 0 Å². The number of rotatable bonds is 10. The third kappa shape index (κ3) is 7.16. The van der Waals surface area contributed by atoms with E-state index in [0.29, 0.717) is 5.56 Å². The van der Waals surface area contributed by atoms with Gasteiger partial charge < -0.3 is 4.74 Å². The third-order valence-electron chi connectivity index (χ3n) is 3.70. The molecule has 1 heterocycles. The molecule has 2 aromatic rings. The van der Waals surface area contributed by atoms with Gasteiger partial charge in [-0.05, 0) is 48.4 Å². The number of hydrazone groups is 1. The van der Waals surface area contributed by atoms with Gasteiger partial charge in [0.05, 0.1) is 18.4 Å². The van der Waals surface area contributed by atoms with Crippen molar-refractivity contribution in [3.05, 3.63) is 59.9 Å². The Labute approximate surface area is 149 Å². The molecule has 25 heavy (non-hydrogen) atoms. The number of unbranched alkanes of at least 4 members (excludes halogenated alkanes) is 4. The molecule has 1 aromatic carbocycles. The number of nitrogens with zero attached hydrogens (tertiary/aromatic N) is 2. The van der Waals surface area contributed by atoms with Crippen molar-refractivity contribution in [2.24, 2.45) is 5.10 Å². The predicted octanol–water partition coefficient (Wildman–Crippen LogP) is 4.19. The molecule has 0 unspecified atom stereocenters. The molecule has 0 spiro atoms. The molecule has 1 N–H and O–H groups in total. The number of ether oxygens (including phenoxy) is 1. The molecule has 5 nitrogen and oxygen atoms in total. The molecule has 132 valence electrons. The molecule has 0 aliphatic rings. The highest BCUT2D eigenvalue weighted by Crippen LogP contribution is 2.12. The Morgan fingerprint density at radius 1 is 1.16 bits per heavy atom. The fourth-order valence-corrected chi connectivity index (χ4v) is 2.27. The van der Waals surface area contributed by atoms with Crippen molar-refractivity contribution in [3.63, 3.8) is 0 Å². The van der Waals surface area contributed by atoms with Gasteiger partial charge in [0, 0.05) is 12.4 Å². The zero-order valence-electron chi connectivity index (χ0n) is 14.6. The maximum absolute atomic E-state index is 11.8. The van der Waals surface area contributed by atoms with Crippen LogP contribution < -0.4 is 10.2 Å². The Bertz CT molecular complexity index is 654. The lowest BCUT2D eigenvalue weighted by atomic mass is 10.2. The quantitative estimate of drug-likeness (QED) is 0.401. The van der Waals surface area contributed by atoms with E-state index in [2.05, 4.69) is 22.4 Å². The molecule has 0 bridgehead atoms. The lowest BCUT2D eigenvalue weighted by molar-refractivity contribution is 0.0955. The second-order valence-electron chi connectivity index (χ2n) is 5.77. The first kappa shape index (κ1) is 18.6. The van der Waals surface area contributed by atoms with Crippen molar-refractivity contribution in [1.29, 1.82) is 0 Å². The number of nitrogens with one attached hydrogen (secondary N) is 1. The van der Waals surface area contributed by atoms with Gasteiger partial charge in [-0.15, -0.1) is 0 Å². The van der Waals surface area contributed by atoms with Gasteiger partial charge in [0.25, 0.3) is 5.91 Å². The summed E-state index contributed by atoms with van der Waals surface area (Å²) in [5, 5.41) is 3.96. The monoisotopic (exact) mass is 339 g/mol. The standard InChI is InChI=1S/C20H25N3O2/c1-2-3-4-5-6-14-25-19-11-9-17(10-12-19)15-22-23-20(24)18-8-7-13-21-16-18/h7-13,15-16H,2-6,14H2,1H3,(H,23,24)/b22-15+. The summed E-state index contributed by atoms with van der Waals surface area (Å²) in [4.78, 5) is 15.7. The van der Waals surface area contributed by atoms with Crippen molar-refractivity contribution in [3.8, 4) is 5.75 Å². The summed E-state index contributed by atoms with van der Waals surface area (Å²) in [5.74, 6) is 0.569. The fraction of sp³-hybridized carbons (Fsp3) is 0.350. The maximum atomic E-state index is 11.8. The van der Waals surface area contributed by atoms with Gasteiger partial charge in [-0.25, -0.2) is 5.43 Å². The van der Waals surface area contributed by atoms with E-state index < -0.39 is 0 Å². The minimum Gasteiger partial charge on any atom is -0.494 e. The number of carbonyl (C=O) groups excluding carboxylic acids is 1. The van der Waals surface area contributed by atoms with Crippen LogP contribution in [0.1, 0.15) is 54.9 Å². The highest BCUT2D eigenvalue weighted by atomic mass is 16.5. The lowest BCUT2D eigenvalue weighted by Crippen LogP contribution is -2.17. The Kier molecular flexibility index (Phi) is 8.18. The van der Waals surface area contributed by atoms with Crippen LogP contribution in [0, 0.1) is 0 Å². The number of benzene rings is 1. The van der Waals surface area contributed by atoms with Gasteiger partial charge in [-0.2, -0.15) is 5.10 Å². The summed E-state index contributed by atoms with van der Waals surface area (Å²) >= 11 is 0. The van der Waals surface area contributed by atoms with E-state index in [0.717, 1.165) is 24.3 Å². The van der Waals surface area contributed by atoms with Gasteiger partial charge in [0.2, 0.25) is 0 Å². The topological polar surface area (TPSA) is 63.6 Å². The summed E-state index contributed by atoms with van der Waals surface area (Å²) < 4.78 is 5.72. The predicted molar refractivity (Wildman–Crippen MR) is 100.0 cm³/mol. The molecule has 1 aromatic heterocycles. The first-order valence-corrected chi connectivity index (χ1v) is 8.76. The van der Waals surface area contributed by atoms with Crippen molar-refractivity contribution < 1.29 is 9.53 Å². The van der Waals surface area contributed by atoms with E-state index in [4.69, 9.17) is 4.74 Å². The van der Waals surface area contributed by atoms with Crippen LogP contribution in [0.3, 0.4) is 0 Å². The fourth-order valence-electron chi connectivity index (χ4n) is 2.27. The second-order valence-corrected chi connectivity index (χ2v) is 5.77. The minimum absolute atomic E-state index is 0.285. The molecule has 5 heteroatoms. The molecule has 0 aliphatic carbocycles. The highest BCUT2D eigenvalue weighted by Gasteiger charge is 2.02. The van der Waals surface area contributed by atoms with Crippen LogP contribution >= 0.6 is 0 Å². The highest BCUT2D eigenvalue weighted by molar-refractivity contribution is 5.94. The molecule has 0 atom stereocenters. The Hall–Kier alpha value is -2.69. The molecule has 1 amide bonds. The maximum Gasteiger partial charge on any atom is 0.272 e. The van der Waals surface area contributed by atoms with Crippen LogP contribution in [0.5, 0.6) is 5.75 Å². The first-order valence-electron chi connectivity index (χ1n) is 8.76. The van der Waals surface area contributed by atoms with Crippen molar-refractivity contribution in [2.75, 3.05) is 6.61 Å². The molecule has 0 saturated carbocycles. The van der Waals surface area contributed by atoms with E-state index in [-0.39, 0.29) is 5.91 Å². The number of aromatic nitrogens is 1.